The topological polar surface area (TPSA) is 111 Å². The minimum absolute atomic E-state index is 0.203. The summed E-state index contributed by atoms with van der Waals surface area (Å²) in [4.78, 5) is 16.4. The van der Waals surface area contributed by atoms with Gasteiger partial charge in [0, 0.05) is 75.1 Å². The number of nitrogens with zero attached hydrogens (tertiary/aromatic N) is 5. The minimum atomic E-state index is -2.90. The number of phenolic OH excluding ortho intramolecular Hbond substituents is 1. The van der Waals surface area contributed by atoms with Crippen molar-refractivity contribution in [2.45, 2.75) is 13.0 Å². The Morgan fingerprint density at radius 1 is 0.974 bits per heavy atom. The van der Waals surface area contributed by atoms with Crippen molar-refractivity contribution in [2.24, 2.45) is 0 Å². The molecule has 0 radical (unpaired) electrons. The van der Waals surface area contributed by atoms with E-state index in [4.69, 9.17) is 14.7 Å². The van der Waals surface area contributed by atoms with Crippen LogP contribution in [0.5, 0.6) is 11.8 Å². The van der Waals surface area contributed by atoms with E-state index >= 15 is 0 Å². The summed E-state index contributed by atoms with van der Waals surface area (Å²) in [5, 5.41) is 15.9. The molecule has 6 rings (SSSR count). The first-order valence-corrected chi connectivity index (χ1v) is 15.1. The third-order valence-corrected chi connectivity index (χ3v) is 9.29. The molecule has 2 aromatic carbocycles. The summed E-state index contributed by atoms with van der Waals surface area (Å²) in [6.07, 6.45) is 0.807. The van der Waals surface area contributed by atoms with E-state index in [1.807, 2.05) is 24.3 Å². The molecule has 3 aromatic rings. The van der Waals surface area contributed by atoms with Crippen LogP contribution in [0.3, 0.4) is 0 Å². The lowest BCUT2D eigenvalue weighted by atomic mass is 10.0. The largest absolute Gasteiger partial charge is 0.508 e. The number of hydrogen-bond acceptors (Lipinski definition) is 10. The molecule has 4 heterocycles. The van der Waals surface area contributed by atoms with E-state index in [2.05, 4.69) is 26.1 Å². The van der Waals surface area contributed by atoms with Crippen molar-refractivity contribution in [2.75, 3.05) is 80.3 Å². The number of aromatic hydroxyl groups is 1. The van der Waals surface area contributed by atoms with Crippen molar-refractivity contribution >= 4 is 32.1 Å². The molecule has 0 bridgehead atoms. The first-order valence-electron chi connectivity index (χ1n) is 13.3. The van der Waals surface area contributed by atoms with Gasteiger partial charge < -0.3 is 25.0 Å². The lowest BCUT2D eigenvalue weighted by Gasteiger charge is -2.35. The van der Waals surface area contributed by atoms with E-state index in [0.29, 0.717) is 38.8 Å². The fourth-order valence-electron chi connectivity index (χ4n) is 5.57. The number of rotatable bonds is 6. The van der Waals surface area contributed by atoms with Crippen LogP contribution in [0.25, 0.3) is 10.8 Å². The van der Waals surface area contributed by atoms with Gasteiger partial charge in [0.05, 0.1) is 23.7 Å². The van der Waals surface area contributed by atoms with Gasteiger partial charge in [-0.05, 0) is 17.9 Å². The van der Waals surface area contributed by atoms with Crippen molar-refractivity contribution in [3.05, 3.63) is 47.7 Å². The van der Waals surface area contributed by atoms with Gasteiger partial charge in [0.15, 0.2) is 9.84 Å². The Bertz CT molecular complexity index is 1410. The Morgan fingerprint density at radius 3 is 2.58 bits per heavy atom. The first kappa shape index (κ1) is 25.1. The molecule has 2 fully saturated rings. The molecule has 3 aliphatic rings. The summed E-state index contributed by atoms with van der Waals surface area (Å²) >= 11 is 0. The van der Waals surface area contributed by atoms with Gasteiger partial charge in [-0.2, -0.15) is 9.97 Å². The van der Waals surface area contributed by atoms with Crippen LogP contribution in [-0.2, 0) is 22.8 Å². The van der Waals surface area contributed by atoms with Gasteiger partial charge in [-0.15, -0.1) is 0 Å². The predicted molar refractivity (Wildman–Crippen MR) is 148 cm³/mol. The average molecular weight is 539 g/mol. The summed E-state index contributed by atoms with van der Waals surface area (Å²) < 4.78 is 29.5. The normalized spacial score (nSPS) is 19.9. The SMILES string of the molecule is O=S1(=O)CCN(CCOc2nc3c(c(N4CCNCC4)n2)CCN(c2cc(O)cc4ccccc24)C3)CC1. The van der Waals surface area contributed by atoms with Gasteiger partial charge in [0.1, 0.15) is 18.2 Å². The average Bonchev–Trinajstić information content (AvgIpc) is 2.93. The van der Waals surface area contributed by atoms with Crippen LogP contribution in [0.4, 0.5) is 11.5 Å². The molecule has 2 N–H and O–H groups in total. The molecule has 10 nitrogen and oxygen atoms in total. The highest BCUT2D eigenvalue weighted by Crippen LogP contribution is 2.36. The minimum Gasteiger partial charge on any atom is -0.508 e. The van der Waals surface area contributed by atoms with Crippen LogP contribution in [0.1, 0.15) is 11.3 Å². The molecule has 3 aliphatic heterocycles. The summed E-state index contributed by atoms with van der Waals surface area (Å²) in [5.41, 5.74) is 3.11. The van der Waals surface area contributed by atoms with Gasteiger partial charge in [0.2, 0.25) is 0 Å². The number of fused-ring (bicyclic) bond motifs is 2. The quantitative estimate of drug-likeness (QED) is 0.478. The van der Waals surface area contributed by atoms with E-state index in [0.717, 1.165) is 67.1 Å². The lowest BCUT2D eigenvalue weighted by Crippen LogP contribution is -2.45. The molecule has 38 heavy (non-hydrogen) atoms. The Labute approximate surface area is 223 Å². The number of aromatic nitrogens is 2. The zero-order valence-electron chi connectivity index (χ0n) is 21.5. The fraction of sp³-hybridized carbons (Fsp3) is 0.481. The highest BCUT2D eigenvalue weighted by atomic mass is 32.2. The molecular formula is C27H34N6O4S. The summed E-state index contributed by atoms with van der Waals surface area (Å²) in [6, 6.07) is 12.1. The van der Waals surface area contributed by atoms with Crippen LogP contribution in [0.15, 0.2) is 36.4 Å². The van der Waals surface area contributed by atoms with E-state index in [9.17, 15) is 13.5 Å². The zero-order chi connectivity index (χ0) is 26.1. The van der Waals surface area contributed by atoms with E-state index in [1.165, 1.54) is 5.56 Å². The number of ether oxygens (including phenoxy) is 1. The maximum absolute atomic E-state index is 11.7. The van der Waals surface area contributed by atoms with Crippen LogP contribution >= 0.6 is 0 Å². The molecule has 0 saturated carbocycles. The van der Waals surface area contributed by atoms with Gasteiger partial charge in [-0.1, -0.05) is 24.3 Å². The Balaban J connectivity index is 1.25. The summed E-state index contributed by atoms with van der Waals surface area (Å²) in [6.45, 7) is 7.11. The number of piperazine rings is 1. The highest BCUT2D eigenvalue weighted by Gasteiger charge is 2.28. The molecule has 0 atom stereocenters. The van der Waals surface area contributed by atoms with Crippen molar-refractivity contribution in [1.82, 2.24) is 20.2 Å². The van der Waals surface area contributed by atoms with E-state index in [1.54, 1.807) is 6.07 Å². The smallest absolute Gasteiger partial charge is 0.318 e. The van der Waals surface area contributed by atoms with Gasteiger partial charge in [0.25, 0.3) is 0 Å². The molecule has 202 valence electrons. The molecule has 11 heteroatoms. The van der Waals surface area contributed by atoms with E-state index < -0.39 is 9.84 Å². The van der Waals surface area contributed by atoms with Gasteiger partial charge in [-0.25, -0.2) is 8.42 Å². The monoisotopic (exact) mass is 538 g/mol. The van der Waals surface area contributed by atoms with Crippen molar-refractivity contribution in [1.29, 1.82) is 0 Å². The standard InChI is InChI=1S/C27H34N6O4S/c34-21-17-20-3-1-2-4-22(20)25(18-21)33-8-5-23-24(19-33)29-27(30-26(23)32-9-6-28-7-10-32)37-14-11-31-12-15-38(35,36)16-13-31/h1-4,17-18,28,34H,5-16,19H2. The van der Waals surface area contributed by atoms with Gasteiger partial charge >= 0.3 is 6.01 Å². The number of benzene rings is 2. The molecule has 0 unspecified atom stereocenters. The van der Waals surface area contributed by atoms with Crippen molar-refractivity contribution in [3.8, 4) is 11.8 Å². The Morgan fingerprint density at radius 2 is 1.76 bits per heavy atom. The number of phenols is 1. The second-order valence-corrected chi connectivity index (χ2v) is 12.5. The highest BCUT2D eigenvalue weighted by molar-refractivity contribution is 7.91. The fourth-order valence-corrected chi connectivity index (χ4v) is 6.85. The molecule has 1 aromatic heterocycles. The maximum Gasteiger partial charge on any atom is 0.318 e. The third kappa shape index (κ3) is 5.36. The first-order chi connectivity index (χ1) is 18.4. The molecule has 0 spiro atoms. The van der Waals surface area contributed by atoms with E-state index in [-0.39, 0.29) is 17.3 Å². The lowest BCUT2D eigenvalue weighted by molar-refractivity contribution is 0.209. The zero-order valence-corrected chi connectivity index (χ0v) is 22.3. The van der Waals surface area contributed by atoms with Crippen LogP contribution in [0.2, 0.25) is 0 Å². The Hall–Kier alpha value is -3.15. The number of anilines is 2. The Kier molecular flexibility index (Phi) is 6.98. The van der Waals surface area contributed by atoms with Crippen LogP contribution in [-0.4, -0.2) is 98.9 Å². The number of hydrogen-bond donors (Lipinski definition) is 2. The van der Waals surface area contributed by atoms with Gasteiger partial charge in [-0.3, -0.25) is 4.90 Å². The second kappa shape index (κ2) is 10.5. The molecule has 2 saturated heterocycles. The predicted octanol–water partition coefficient (Wildman–Crippen LogP) is 1.42. The van der Waals surface area contributed by atoms with Crippen LogP contribution in [0, 0.1) is 0 Å². The summed E-state index contributed by atoms with van der Waals surface area (Å²) in [5.74, 6) is 1.61. The van der Waals surface area contributed by atoms with Crippen LogP contribution < -0.4 is 19.9 Å². The third-order valence-electron chi connectivity index (χ3n) is 7.68. The second-order valence-electron chi connectivity index (χ2n) is 10.2. The van der Waals surface area contributed by atoms with Crippen molar-refractivity contribution < 1.29 is 18.3 Å². The van der Waals surface area contributed by atoms with Crippen molar-refractivity contribution in [3.63, 3.8) is 0 Å². The molecule has 0 amide bonds. The number of nitrogens with one attached hydrogen (secondary N) is 1. The number of sulfone groups is 1. The summed E-state index contributed by atoms with van der Waals surface area (Å²) in [7, 11) is -2.90. The molecule has 0 aliphatic carbocycles. The molecular weight excluding hydrogens is 504 g/mol. The maximum atomic E-state index is 11.7.